The van der Waals surface area contributed by atoms with Crippen LogP contribution in [0.2, 0.25) is 0 Å². The molecule has 0 aromatic heterocycles. The van der Waals surface area contributed by atoms with Crippen LogP contribution in [-0.4, -0.2) is 52.8 Å². The first kappa shape index (κ1) is 17.4. The highest BCUT2D eigenvalue weighted by Gasteiger charge is 2.28. The molecule has 1 fully saturated rings. The van der Waals surface area contributed by atoms with Gasteiger partial charge in [-0.15, -0.1) is 5.06 Å². The fourth-order valence-electron chi connectivity index (χ4n) is 2.07. The first-order valence-corrected chi connectivity index (χ1v) is 7.29. The molecule has 0 aliphatic carbocycles. The van der Waals surface area contributed by atoms with Gasteiger partial charge in [0, 0.05) is 18.6 Å². The number of rotatable bonds is 7. The molecule has 2 aliphatic heterocycles. The molecular weight excluding hydrogens is 320 g/mol. The van der Waals surface area contributed by atoms with Gasteiger partial charge < -0.3 is 9.57 Å². The molecule has 24 heavy (non-hydrogen) atoms. The van der Waals surface area contributed by atoms with Crippen molar-refractivity contribution in [3.05, 3.63) is 24.4 Å². The summed E-state index contributed by atoms with van der Waals surface area (Å²) in [6.07, 6.45) is 2.42. The molecule has 0 atom stereocenters. The number of hydrogen-bond donors (Lipinski definition) is 0. The van der Waals surface area contributed by atoms with E-state index in [2.05, 4.69) is 6.58 Å². The first-order valence-electron chi connectivity index (χ1n) is 7.29. The van der Waals surface area contributed by atoms with Gasteiger partial charge in [-0.25, -0.2) is 4.79 Å². The Morgan fingerprint density at radius 1 is 1.04 bits per heavy atom. The van der Waals surface area contributed by atoms with Crippen LogP contribution in [0.25, 0.3) is 0 Å². The van der Waals surface area contributed by atoms with Gasteiger partial charge in [0.15, 0.2) is 0 Å². The van der Waals surface area contributed by atoms with Gasteiger partial charge in [0.05, 0.1) is 25.1 Å². The quantitative estimate of drug-likeness (QED) is 0.469. The minimum atomic E-state index is -0.752. The van der Waals surface area contributed by atoms with Crippen LogP contribution in [0.1, 0.15) is 25.7 Å². The first-order chi connectivity index (χ1) is 11.4. The van der Waals surface area contributed by atoms with Crippen molar-refractivity contribution in [2.75, 3.05) is 13.2 Å². The number of esters is 1. The third-order valence-corrected chi connectivity index (χ3v) is 3.35. The Hall–Kier alpha value is -2.97. The van der Waals surface area contributed by atoms with Crippen LogP contribution in [0, 0.1) is 0 Å². The number of ether oxygens (including phenoxy) is 1. The normalized spacial score (nSPS) is 17.0. The van der Waals surface area contributed by atoms with Gasteiger partial charge in [-0.05, 0) is 6.42 Å². The largest absolute Gasteiger partial charge is 0.464 e. The summed E-state index contributed by atoms with van der Waals surface area (Å²) in [5, 5.41) is 0.839. The lowest BCUT2D eigenvalue weighted by Crippen LogP contribution is -2.33. The summed E-state index contributed by atoms with van der Waals surface area (Å²) >= 11 is 0. The fourth-order valence-corrected chi connectivity index (χ4v) is 2.07. The van der Waals surface area contributed by atoms with Crippen molar-refractivity contribution < 1.29 is 33.5 Å². The zero-order valence-electron chi connectivity index (χ0n) is 12.9. The summed E-state index contributed by atoms with van der Waals surface area (Å²) in [7, 11) is 0. The number of hydroxylamine groups is 2. The molecule has 0 aromatic carbocycles. The van der Waals surface area contributed by atoms with Gasteiger partial charge in [0.1, 0.15) is 6.61 Å². The molecular formula is C15H16N2O7. The Kier molecular flexibility index (Phi) is 5.46. The minimum Gasteiger partial charge on any atom is -0.464 e. The third-order valence-electron chi connectivity index (χ3n) is 3.35. The molecule has 0 saturated carbocycles. The second-order valence-corrected chi connectivity index (χ2v) is 5.10. The molecule has 0 aromatic rings. The van der Waals surface area contributed by atoms with Gasteiger partial charge in [-0.3, -0.25) is 24.1 Å². The third kappa shape index (κ3) is 4.28. The highest BCUT2D eigenvalue weighted by Crippen LogP contribution is 2.21. The number of allylic oxidation sites excluding steroid dienone is 1. The fraction of sp³-hybridized carbons (Fsp3) is 0.400. The molecule has 0 bridgehead atoms. The van der Waals surface area contributed by atoms with E-state index < -0.39 is 23.8 Å². The Morgan fingerprint density at radius 3 is 2.25 bits per heavy atom. The van der Waals surface area contributed by atoms with Crippen LogP contribution < -0.4 is 0 Å². The molecule has 0 unspecified atom stereocenters. The van der Waals surface area contributed by atoms with Crippen molar-refractivity contribution >= 4 is 29.7 Å². The molecule has 2 heterocycles. The molecule has 2 aliphatic rings. The maximum Gasteiger partial charge on any atom is 0.333 e. The van der Waals surface area contributed by atoms with Crippen LogP contribution >= 0.6 is 0 Å². The van der Waals surface area contributed by atoms with E-state index in [1.165, 1.54) is 0 Å². The monoisotopic (exact) mass is 336 g/mol. The van der Waals surface area contributed by atoms with Crippen molar-refractivity contribution in [1.29, 1.82) is 0 Å². The lowest BCUT2D eigenvalue weighted by atomic mass is 10.3. The Bertz CT molecular complexity index is 604. The minimum absolute atomic E-state index is 0.0526. The van der Waals surface area contributed by atoms with Gasteiger partial charge in [0.25, 0.3) is 17.7 Å². The standard InChI is InChI=1S/C15H16N2O7/c1-10-2-3-13(20)17(10)24-15(22)7-6-14(21)23-9-8-16-11(18)4-5-12(16)19/h4-5H,1-3,6-9H2. The smallest absolute Gasteiger partial charge is 0.333 e. The molecule has 0 spiro atoms. The van der Waals surface area contributed by atoms with Crippen LogP contribution in [0.15, 0.2) is 24.4 Å². The van der Waals surface area contributed by atoms with Crippen LogP contribution in [0.5, 0.6) is 0 Å². The molecule has 1 saturated heterocycles. The molecule has 2 rings (SSSR count). The number of amides is 3. The SMILES string of the molecule is C=C1CCC(=O)N1OC(=O)CCC(=O)OCCN1C(=O)C=CC1=O. The summed E-state index contributed by atoms with van der Waals surface area (Å²) in [4.78, 5) is 62.8. The van der Waals surface area contributed by atoms with E-state index in [0.717, 1.165) is 22.1 Å². The second kappa shape index (κ2) is 7.53. The summed E-state index contributed by atoms with van der Waals surface area (Å²) in [5.74, 6) is -2.71. The molecule has 128 valence electrons. The van der Waals surface area contributed by atoms with Crippen molar-refractivity contribution in [1.82, 2.24) is 9.96 Å². The summed E-state index contributed by atoms with van der Waals surface area (Å²) in [5.41, 5.74) is 0.393. The summed E-state index contributed by atoms with van der Waals surface area (Å²) in [6, 6.07) is 0. The number of nitrogens with zero attached hydrogens (tertiary/aromatic N) is 2. The van der Waals surface area contributed by atoms with E-state index in [-0.39, 0.29) is 38.3 Å². The number of carbonyl (C=O) groups is 5. The average molecular weight is 336 g/mol. The van der Waals surface area contributed by atoms with Crippen LogP contribution in [-0.2, 0) is 33.5 Å². The topological polar surface area (TPSA) is 110 Å². The van der Waals surface area contributed by atoms with Gasteiger partial charge in [0.2, 0.25) is 0 Å². The van der Waals surface area contributed by atoms with Gasteiger partial charge in [-0.1, -0.05) is 6.58 Å². The van der Waals surface area contributed by atoms with E-state index in [1.54, 1.807) is 0 Å². The number of carbonyl (C=O) groups excluding carboxylic acids is 5. The summed E-state index contributed by atoms with van der Waals surface area (Å²) < 4.78 is 4.84. The van der Waals surface area contributed by atoms with E-state index in [0.29, 0.717) is 12.1 Å². The predicted molar refractivity (Wildman–Crippen MR) is 77.4 cm³/mol. The van der Waals surface area contributed by atoms with E-state index >= 15 is 0 Å². The molecule has 9 nitrogen and oxygen atoms in total. The zero-order valence-corrected chi connectivity index (χ0v) is 12.9. The zero-order chi connectivity index (χ0) is 17.7. The van der Waals surface area contributed by atoms with Gasteiger partial charge in [-0.2, -0.15) is 0 Å². The lowest BCUT2D eigenvalue weighted by Gasteiger charge is -2.15. The Labute approximate surface area is 137 Å². The van der Waals surface area contributed by atoms with E-state index in [9.17, 15) is 24.0 Å². The van der Waals surface area contributed by atoms with Crippen LogP contribution in [0.3, 0.4) is 0 Å². The molecule has 0 N–H and O–H groups in total. The molecule has 9 heteroatoms. The van der Waals surface area contributed by atoms with E-state index in [4.69, 9.17) is 9.57 Å². The van der Waals surface area contributed by atoms with Crippen LogP contribution in [0.4, 0.5) is 0 Å². The number of hydrogen-bond acceptors (Lipinski definition) is 7. The maximum absolute atomic E-state index is 11.6. The maximum atomic E-state index is 11.6. The average Bonchev–Trinajstić information content (AvgIpc) is 3.02. The lowest BCUT2D eigenvalue weighted by molar-refractivity contribution is -0.187. The summed E-state index contributed by atoms with van der Waals surface area (Å²) in [6.45, 7) is 3.39. The van der Waals surface area contributed by atoms with Crippen molar-refractivity contribution in [2.45, 2.75) is 25.7 Å². The van der Waals surface area contributed by atoms with Gasteiger partial charge >= 0.3 is 11.9 Å². The van der Waals surface area contributed by atoms with Crippen molar-refractivity contribution in [3.63, 3.8) is 0 Å². The predicted octanol–water partition coefficient (Wildman–Crippen LogP) is -0.171. The highest BCUT2D eigenvalue weighted by molar-refractivity contribution is 6.12. The van der Waals surface area contributed by atoms with E-state index in [1.807, 2.05) is 0 Å². The highest BCUT2D eigenvalue weighted by atomic mass is 16.7. The molecule has 0 radical (unpaired) electrons. The van der Waals surface area contributed by atoms with Crippen molar-refractivity contribution in [3.8, 4) is 0 Å². The molecule has 3 amide bonds. The number of imide groups is 1. The Balaban J connectivity index is 1.63. The second-order valence-electron chi connectivity index (χ2n) is 5.10. The Morgan fingerprint density at radius 2 is 1.67 bits per heavy atom. The van der Waals surface area contributed by atoms with Crippen molar-refractivity contribution in [2.24, 2.45) is 0 Å².